The van der Waals surface area contributed by atoms with Gasteiger partial charge in [0.2, 0.25) is 5.91 Å². The molecule has 0 aromatic heterocycles. The van der Waals surface area contributed by atoms with E-state index in [0.29, 0.717) is 12.2 Å². The number of carbonyl (C=O) groups is 1. The molecular weight excluding hydrogens is 362 g/mol. The Balaban J connectivity index is 1.49. The average molecular weight is 388 g/mol. The van der Waals surface area contributed by atoms with Crippen molar-refractivity contribution < 1.29 is 13.2 Å². The van der Waals surface area contributed by atoms with Gasteiger partial charge in [-0.1, -0.05) is 12.1 Å². The Kier molecular flexibility index (Phi) is 5.82. The first-order chi connectivity index (χ1) is 12.8. The number of carbonyl (C=O) groups excluding carboxylic acids is 1. The van der Waals surface area contributed by atoms with E-state index >= 15 is 0 Å². The summed E-state index contributed by atoms with van der Waals surface area (Å²) in [7, 11) is -3.23. The number of anilines is 2. The molecule has 2 aromatic carbocycles. The molecule has 0 saturated carbocycles. The molecule has 1 saturated heterocycles. The molecule has 0 radical (unpaired) electrons. The van der Waals surface area contributed by atoms with Crippen molar-refractivity contribution in [3.63, 3.8) is 0 Å². The molecule has 7 heteroatoms. The zero-order valence-corrected chi connectivity index (χ0v) is 16.5. The predicted octanol–water partition coefficient (Wildman–Crippen LogP) is 2.16. The Labute approximate surface area is 160 Å². The van der Waals surface area contributed by atoms with Crippen molar-refractivity contribution >= 4 is 27.1 Å². The van der Waals surface area contributed by atoms with Gasteiger partial charge >= 0.3 is 0 Å². The van der Waals surface area contributed by atoms with Crippen molar-refractivity contribution in [2.45, 2.75) is 11.8 Å². The van der Waals surface area contributed by atoms with Crippen molar-refractivity contribution in [2.24, 2.45) is 0 Å². The summed E-state index contributed by atoms with van der Waals surface area (Å²) in [5, 5.41) is 2.83. The molecule has 27 heavy (non-hydrogen) atoms. The minimum atomic E-state index is -3.23. The molecule has 144 valence electrons. The van der Waals surface area contributed by atoms with Crippen LogP contribution in [-0.2, 0) is 14.6 Å². The van der Waals surface area contributed by atoms with Gasteiger partial charge in [0.25, 0.3) is 0 Å². The number of rotatable bonds is 5. The molecule has 0 aliphatic carbocycles. The van der Waals surface area contributed by atoms with Gasteiger partial charge in [-0.3, -0.25) is 9.69 Å². The first-order valence-corrected chi connectivity index (χ1v) is 10.8. The number of amides is 1. The van der Waals surface area contributed by atoms with Gasteiger partial charge in [-0.2, -0.15) is 0 Å². The quantitative estimate of drug-likeness (QED) is 0.851. The second-order valence-electron chi connectivity index (χ2n) is 6.95. The monoisotopic (exact) mass is 387 g/mol. The number of benzene rings is 2. The van der Waals surface area contributed by atoms with E-state index in [9.17, 15) is 13.2 Å². The number of aryl methyl sites for hydroxylation is 1. The zero-order valence-electron chi connectivity index (χ0n) is 15.7. The number of sulfone groups is 1. The lowest BCUT2D eigenvalue weighted by Gasteiger charge is -2.35. The van der Waals surface area contributed by atoms with Crippen LogP contribution in [0.2, 0.25) is 0 Å². The van der Waals surface area contributed by atoms with Crippen LogP contribution in [0.25, 0.3) is 0 Å². The third-order valence-electron chi connectivity index (χ3n) is 4.67. The fourth-order valence-corrected chi connectivity index (χ4v) is 3.81. The van der Waals surface area contributed by atoms with Crippen LogP contribution in [-0.4, -0.2) is 58.2 Å². The summed E-state index contributed by atoms with van der Waals surface area (Å²) in [4.78, 5) is 17.0. The normalized spacial score (nSPS) is 15.6. The Bertz CT molecular complexity index is 902. The highest BCUT2D eigenvalue weighted by molar-refractivity contribution is 7.90. The van der Waals surface area contributed by atoms with E-state index < -0.39 is 9.84 Å². The smallest absolute Gasteiger partial charge is 0.238 e. The molecule has 1 aliphatic rings. The molecule has 0 spiro atoms. The molecule has 3 rings (SSSR count). The minimum Gasteiger partial charge on any atom is -0.369 e. The second kappa shape index (κ2) is 8.10. The highest BCUT2D eigenvalue weighted by Crippen LogP contribution is 2.18. The maximum Gasteiger partial charge on any atom is 0.238 e. The van der Waals surface area contributed by atoms with Gasteiger partial charge in [-0.25, -0.2) is 8.42 Å². The van der Waals surface area contributed by atoms with Crippen LogP contribution in [0.1, 0.15) is 5.56 Å². The van der Waals surface area contributed by atoms with Crippen molar-refractivity contribution in [1.82, 2.24) is 4.90 Å². The summed E-state index contributed by atoms with van der Waals surface area (Å²) in [6, 6.07) is 14.7. The molecule has 1 aliphatic heterocycles. The van der Waals surface area contributed by atoms with Crippen molar-refractivity contribution in [3.05, 3.63) is 54.1 Å². The third-order valence-corrected chi connectivity index (χ3v) is 5.80. The van der Waals surface area contributed by atoms with Gasteiger partial charge in [0.05, 0.1) is 11.4 Å². The van der Waals surface area contributed by atoms with E-state index in [1.807, 2.05) is 0 Å². The summed E-state index contributed by atoms with van der Waals surface area (Å²) < 4.78 is 23.0. The lowest BCUT2D eigenvalue weighted by molar-refractivity contribution is -0.117. The summed E-state index contributed by atoms with van der Waals surface area (Å²) in [6.07, 6.45) is 1.16. The number of hydrogen-bond acceptors (Lipinski definition) is 5. The standard InChI is InChI=1S/C20H25N3O3S/c1-16-4-3-5-18(14-16)23-12-10-22(11-13-23)15-20(24)21-17-6-8-19(9-7-17)27(2,25)26/h3-9,14H,10-13,15H2,1-2H3,(H,21,24). The van der Waals surface area contributed by atoms with E-state index in [-0.39, 0.29) is 10.8 Å². The Morgan fingerprint density at radius 1 is 1.04 bits per heavy atom. The molecule has 0 atom stereocenters. The van der Waals surface area contributed by atoms with Gasteiger partial charge < -0.3 is 10.2 Å². The van der Waals surface area contributed by atoms with Gasteiger partial charge in [-0.05, 0) is 48.9 Å². The number of hydrogen-bond donors (Lipinski definition) is 1. The maximum atomic E-state index is 12.3. The summed E-state index contributed by atoms with van der Waals surface area (Å²) in [5.74, 6) is -0.0916. The molecule has 0 unspecified atom stereocenters. The topological polar surface area (TPSA) is 69.7 Å². The zero-order chi connectivity index (χ0) is 19.4. The molecule has 1 heterocycles. The fourth-order valence-electron chi connectivity index (χ4n) is 3.18. The molecule has 2 aromatic rings. The maximum absolute atomic E-state index is 12.3. The summed E-state index contributed by atoms with van der Waals surface area (Å²) in [5.41, 5.74) is 3.08. The molecule has 1 fully saturated rings. The van der Waals surface area contributed by atoms with Crippen LogP contribution in [0.3, 0.4) is 0 Å². The van der Waals surface area contributed by atoms with E-state index in [4.69, 9.17) is 0 Å². The average Bonchev–Trinajstić information content (AvgIpc) is 2.62. The number of nitrogens with one attached hydrogen (secondary N) is 1. The molecule has 1 N–H and O–H groups in total. The lowest BCUT2D eigenvalue weighted by atomic mass is 10.2. The summed E-state index contributed by atoms with van der Waals surface area (Å²) >= 11 is 0. The van der Waals surface area contributed by atoms with Crippen LogP contribution >= 0.6 is 0 Å². The predicted molar refractivity (Wildman–Crippen MR) is 108 cm³/mol. The highest BCUT2D eigenvalue weighted by Gasteiger charge is 2.19. The van der Waals surface area contributed by atoms with E-state index in [2.05, 4.69) is 46.3 Å². The number of piperazine rings is 1. The second-order valence-corrected chi connectivity index (χ2v) is 8.96. The third kappa shape index (κ3) is 5.30. The Morgan fingerprint density at radius 3 is 2.30 bits per heavy atom. The first kappa shape index (κ1) is 19.4. The van der Waals surface area contributed by atoms with Crippen LogP contribution in [0, 0.1) is 6.92 Å². The lowest BCUT2D eigenvalue weighted by Crippen LogP contribution is -2.48. The van der Waals surface area contributed by atoms with Gasteiger partial charge in [0.15, 0.2) is 9.84 Å². The van der Waals surface area contributed by atoms with Crippen LogP contribution in [0.15, 0.2) is 53.4 Å². The fraction of sp³-hybridized carbons (Fsp3) is 0.350. The van der Waals surface area contributed by atoms with Crippen LogP contribution in [0.5, 0.6) is 0 Å². The largest absolute Gasteiger partial charge is 0.369 e. The van der Waals surface area contributed by atoms with Crippen molar-refractivity contribution in [1.29, 1.82) is 0 Å². The molecule has 6 nitrogen and oxygen atoms in total. The SMILES string of the molecule is Cc1cccc(N2CCN(CC(=O)Nc3ccc(S(C)(=O)=O)cc3)CC2)c1. The minimum absolute atomic E-state index is 0.0916. The van der Waals surface area contributed by atoms with Crippen LogP contribution < -0.4 is 10.2 Å². The van der Waals surface area contributed by atoms with Gasteiger partial charge in [0.1, 0.15) is 0 Å². The Morgan fingerprint density at radius 2 is 1.70 bits per heavy atom. The molecule has 1 amide bonds. The van der Waals surface area contributed by atoms with Crippen LogP contribution in [0.4, 0.5) is 11.4 Å². The molecular formula is C20H25N3O3S. The van der Waals surface area contributed by atoms with Gasteiger partial charge in [-0.15, -0.1) is 0 Å². The van der Waals surface area contributed by atoms with E-state index in [1.165, 1.54) is 23.4 Å². The van der Waals surface area contributed by atoms with E-state index in [0.717, 1.165) is 32.4 Å². The highest BCUT2D eigenvalue weighted by atomic mass is 32.2. The Hall–Kier alpha value is -2.38. The van der Waals surface area contributed by atoms with Gasteiger partial charge in [0, 0.05) is 43.8 Å². The summed E-state index contributed by atoms with van der Waals surface area (Å²) in [6.45, 7) is 5.85. The van der Waals surface area contributed by atoms with Crippen molar-refractivity contribution in [2.75, 3.05) is 49.2 Å². The molecule has 0 bridgehead atoms. The first-order valence-electron chi connectivity index (χ1n) is 8.95. The van der Waals surface area contributed by atoms with Crippen molar-refractivity contribution in [3.8, 4) is 0 Å². The van der Waals surface area contributed by atoms with E-state index in [1.54, 1.807) is 12.1 Å². The number of nitrogens with zero attached hydrogens (tertiary/aromatic N) is 2.